The molecule has 3 rings (SSSR count). The fourth-order valence-corrected chi connectivity index (χ4v) is 7.87. The summed E-state index contributed by atoms with van der Waals surface area (Å²) >= 11 is 7.81. The number of benzene rings is 1. The highest BCUT2D eigenvalue weighted by Crippen LogP contribution is 2.31. The number of anilines is 1. The first-order chi connectivity index (χ1) is 14.0. The monoisotopic (exact) mass is 505 g/mol. The number of sulfonamides is 1. The number of halogens is 1. The lowest BCUT2D eigenvalue weighted by molar-refractivity contribution is 0.0600. The number of carbonyl (C=O) groups is 1. The molecule has 0 saturated heterocycles. The summed E-state index contributed by atoms with van der Waals surface area (Å²) in [5.41, 5.74) is 0.270. The molecule has 0 aliphatic rings. The Morgan fingerprint density at radius 1 is 1.03 bits per heavy atom. The highest BCUT2D eigenvalue weighted by Gasteiger charge is 2.24. The van der Waals surface area contributed by atoms with E-state index in [1.165, 1.54) is 43.5 Å². The molecule has 12 heteroatoms. The van der Waals surface area contributed by atoms with E-state index in [0.29, 0.717) is 4.34 Å². The minimum absolute atomic E-state index is 0.0211. The van der Waals surface area contributed by atoms with Crippen LogP contribution in [0, 0.1) is 6.92 Å². The van der Waals surface area contributed by atoms with E-state index >= 15 is 0 Å². The van der Waals surface area contributed by atoms with E-state index in [1.807, 2.05) is 0 Å². The maximum Gasteiger partial charge on any atom is 0.337 e. The Kier molecular flexibility index (Phi) is 6.58. The average molecular weight is 506 g/mol. The lowest BCUT2D eigenvalue weighted by atomic mass is 10.1. The number of thiophene rings is 2. The fourth-order valence-electron chi connectivity index (χ4n) is 2.55. The lowest BCUT2D eigenvalue weighted by Crippen LogP contribution is -2.15. The maximum absolute atomic E-state index is 12.9. The van der Waals surface area contributed by atoms with Crippen molar-refractivity contribution < 1.29 is 26.4 Å². The molecule has 0 saturated carbocycles. The van der Waals surface area contributed by atoms with Crippen LogP contribution in [0.15, 0.2) is 50.9 Å². The van der Waals surface area contributed by atoms with Gasteiger partial charge >= 0.3 is 5.97 Å². The Morgan fingerprint density at radius 3 is 2.30 bits per heavy atom. The van der Waals surface area contributed by atoms with Crippen LogP contribution in [0.4, 0.5) is 5.69 Å². The summed E-state index contributed by atoms with van der Waals surface area (Å²) in [6.07, 6.45) is 0. The molecular formula is C18H16ClNO6S4. The number of methoxy groups -OCH3 is 1. The molecule has 1 aromatic carbocycles. The number of hydrogen-bond acceptors (Lipinski definition) is 8. The third kappa shape index (κ3) is 5.03. The number of rotatable bonds is 7. The minimum Gasteiger partial charge on any atom is -0.465 e. The molecule has 0 aliphatic heterocycles. The zero-order chi connectivity index (χ0) is 22.1. The van der Waals surface area contributed by atoms with Gasteiger partial charge in [0.25, 0.3) is 10.0 Å². The van der Waals surface area contributed by atoms with Gasteiger partial charge < -0.3 is 4.74 Å². The van der Waals surface area contributed by atoms with Crippen molar-refractivity contribution in [3.63, 3.8) is 0 Å². The highest BCUT2D eigenvalue weighted by atomic mass is 35.5. The Labute approximate surface area is 187 Å². The van der Waals surface area contributed by atoms with Gasteiger partial charge in [-0.3, -0.25) is 4.72 Å². The number of nitrogens with one attached hydrogen (secondary N) is 1. The van der Waals surface area contributed by atoms with Gasteiger partial charge in [0.05, 0.1) is 28.4 Å². The Hall–Kier alpha value is -1.92. The summed E-state index contributed by atoms with van der Waals surface area (Å²) in [5, 5.41) is 0. The molecule has 0 unspecified atom stereocenters. The molecule has 0 fully saturated rings. The van der Waals surface area contributed by atoms with E-state index in [-0.39, 0.29) is 25.2 Å². The number of aryl methyl sites for hydroxylation is 1. The molecule has 160 valence electrons. The maximum atomic E-state index is 12.9. The number of esters is 1. The summed E-state index contributed by atoms with van der Waals surface area (Å²) in [5.74, 6) is -1.17. The molecule has 0 aliphatic carbocycles. The second-order valence-corrected chi connectivity index (χ2v) is 13.3. The minimum atomic E-state index is -3.99. The van der Waals surface area contributed by atoms with E-state index in [4.69, 9.17) is 11.6 Å². The largest absolute Gasteiger partial charge is 0.465 e. The van der Waals surface area contributed by atoms with E-state index < -0.39 is 31.6 Å². The first-order valence-corrected chi connectivity index (χ1v) is 13.4. The summed E-state index contributed by atoms with van der Waals surface area (Å²) in [4.78, 5) is 12.7. The van der Waals surface area contributed by atoms with Crippen LogP contribution >= 0.6 is 34.3 Å². The van der Waals surface area contributed by atoms with Crippen LogP contribution in [-0.4, -0.2) is 29.9 Å². The second-order valence-electron chi connectivity index (χ2n) is 6.15. The van der Waals surface area contributed by atoms with Crippen molar-refractivity contribution in [1.82, 2.24) is 0 Å². The van der Waals surface area contributed by atoms with Gasteiger partial charge in [0.15, 0.2) is 9.84 Å². The third-order valence-corrected chi connectivity index (χ3v) is 10.3. The topological polar surface area (TPSA) is 107 Å². The molecule has 0 amide bonds. The van der Waals surface area contributed by atoms with Crippen molar-refractivity contribution in [2.24, 2.45) is 0 Å². The highest BCUT2D eigenvalue weighted by molar-refractivity contribution is 7.94. The quantitative estimate of drug-likeness (QED) is 0.479. The van der Waals surface area contributed by atoms with Crippen molar-refractivity contribution in [2.75, 3.05) is 11.8 Å². The zero-order valence-corrected chi connectivity index (χ0v) is 19.7. The van der Waals surface area contributed by atoms with Crippen LogP contribution in [-0.2, 0) is 30.4 Å². The van der Waals surface area contributed by atoms with Crippen LogP contribution in [0.1, 0.15) is 20.8 Å². The summed E-state index contributed by atoms with van der Waals surface area (Å²) in [7, 11) is -6.56. The summed E-state index contributed by atoms with van der Waals surface area (Å²) < 4.78 is 58.6. The third-order valence-electron chi connectivity index (χ3n) is 3.95. The predicted octanol–water partition coefficient (Wildman–Crippen LogP) is 4.33. The first-order valence-electron chi connectivity index (χ1n) is 8.30. The van der Waals surface area contributed by atoms with Crippen molar-refractivity contribution in [3.05, 3.63) is 62.8 Å². The Bertz CT molecular complexity index is 1310. The summed E-state index contributed by atoms with van der Waals surface area (Å²) in [6.45, 7) is 1.78. The van der Waals surface area contributed by atoms with Crippen molar-refractivity contribution in [3.8, 4) is 0 Å². The smallest absolute Gasteiger partial charge is 0.337 e. The molecular weight excluding hydrogens is 490 g/mol. The SMILES string of the molecule is COC(=O)c1ccc(NS(=O)(=O)c2ccc(Cl)s2)c(CS(=O)(=O)c2ccc(C)s2)c1. The molecule has 0 atom stereocenters. The molecule has 1 N–H and O–H groups in total. The number of hydrogen-bond donors (Lipinski definition) is 1. The molecule has 2 aromatic heterocycles. The molecule has 2 heterocycles. The van der Waals surface area contributed by atoms with Crippen molar-refractivity contribution >= 4 is 65.8 Å². The van der Waals surface area contributed by atoms with Crippen LogP contribution in [0.3, 0.4) is 0 Å². The van der Waals surface area contributed by atoms with Crippen molar-refractivity contribution in [1.29, 1.82) is 0 Å². The van der Waals surface area contributed by atoms with Crippen LogP contribution < -0.4 is 4.72 Å². The zero-order valence-electron chi connectivity index (χ0n) is 15.7. The lowest BCUT2D eigenvalue weighted by Gasteiger charge is -2.13. The van der Waals surface area contributed by atoms with Gasteiger partial charge in [-0.05, 0) is 55.0 Å². The van der Waals surface area contributed by atoms with Gasteiger partial charge in [-0.15, -0.1) is 22.7 Å². The van der Waals surface area contributed by atoms with Crippen LogP contribution in [0.5, 0.6) is 0 Å². The van der Waals surface area contributed by atoms with Gasteiger partial charge in [-0.1, -0.05) is 11.6 Å². The second kappa shape index (κ2) is 8.67. The van der Waals surface area contributed by atoms with E-state index in [2.05, 4.69) is 9.46 Å². The number of ether oxygens (including phenoxy) is 1. The van der Waals surface area contributed by atoms with Crippen molar-refractivity contribution in [2.45, 2.75) is 21.1 Å². The van der Waals surface area contributed by atoms with Gasteiger partial charge in [0, 0.05) is 4.88 Å². The molecule has 0 radical (unpaired) electrons. The summed E-state index contributed by atoms with van der Waals surface area (Å²) in [6, 6.07) is 9.99. The molecule has 0 spiro atoms. The molecule has 0 bridgehead atoms. The normalized spacial score (nSPS) is 12.0. The van der Waals surface area contributed by atoms with Gasteiger partial charge in [0.1, 0.15) is 8.42 Å². The molecule has 7 nitrogen and oxygen atoms in total. The number of carbonyl (C=O) groups excluding carboxylic acids is 1. The van der Waals surface area contributed by atoms with E-state index in [0.717, 1.165) is 27.6 Å². The van der Waals surface area contributed by atoms with Gasteiger partial charge in [-0.25, -0.2) is 21.6 Å². The first kappa shape index (κ1) is 22.8. The van der Waals surface area contributed by atoms with Gasteiger partial charge in [-0.2, -0.15) is 0 Å². The van der Waals surface area contributed by atoms with Crippen LogP contribution in [0.25, 0.3) is 0 Å². The predicted molar refractivity (Wildman–Crippen MR) is 118 cm³/mol. The molecule has 30 heavy (non-hydrogen) atoms. The average Bonchev–Trinajstić information content (AvgIpc) is 3.31. The van der Waals surface area contributed by atoms with Crippen LogP contribution in [0.2, 0.25) is 4.34 Å². The Morgan fingerprint density at radius 2 is 1.73 bits per heavy atom. The fraction of sp³-hybridized carbons (Fsp3) is 0.167. The Balaban J connectivity index is 2.04. The molecule has 3 aromatic rings. The standard InChI is InChI=1S/C18H16ClNO6S4/c1-11-3-7-16(27-11)29(22,23)10-13-9-12(18(21)26-2)4-5-14(13)20-30(24,25)17-8-6-15(19)28-17/h3-9,20H,10H2,1-2H3. The van der Waals surface area contributed by atoms with E-state index in [9.17, 15) is 21.6 Å². The van der Waals surface area contributed by atoms with Gasteiger partial charge in [0.2, 0.25) is 0 Å². The van der Waals surface area contributed by atoms with E-state index in [1.54, 1.807) is 13.0 Å². The number of sulfone groups is 1.